The molecule has 0 bridgehead atoms. The van der Waals surface area contributed by atoms with Crippen molar-refractivity contribution in [3.63, 3.8) is 0 Å². The molecule has 1 aliphatic heterocycles. The fraction of sp³-hybridized carbons (Fsp3) is 0.333. The molecule has 0 spiro atoms. The summed E-state index contributed by atoms with van der Waals surface area (Å²) in [6, 6.07) is 8.18. The standard InChI is InChI=1S/C24H27Cl2N7O4S/c1-15(2)38(35,36)23-19(4-3-7-27-23)30-22-18(26)13-28-24(32-22)31-20-12-16(5-6-17(20)25)29-21(34)14-33-8-10-37-11-9-33/h3-7,12-13,15H,8-11,14H2,1-2H3,(H,29,34)(H2,28,30,31,32). The Morgan fingerprint density at radius 1 is 1.08 bits per heavy atom. The first-order valence-corrected chi connectivity index (χ1v) is 14.1. The van der Waals surface area contributed by atoms with E-state index < -0.39 is 15.1 Å². The fourth-order valence-corrected chi connectivity index (χ4v) is 4.94. The molecule has 1 aromatic carbocycles. The minimum Gasteiger partial charge on any atom is -0.379 e. The number of morpholine rings is 1. The number of carbonyl (C=O) groups is 1. The van der Waals surface area contributed by atoms with Crippen LogP contribution in [0.15, 0.2) is 47.8 Å². The van der Waals surface area contributed by atoms with Crippen LogP contribution in [0.2, 0.25) is 10.0 Å². The van der Waals surface area contributed by atoms with Crippen LogP contribution in [0.1, 0.15) is 13.8 Å². The summed E-state index contributed by atoms with van der Waals surface area (Å²) in [5.41, 5.74) is 1.23. The highest BCUT2D eigenvalue weighted by atomic mass is 35.5. The van der Waals surface area contributed by atoms with Gasteiger partial charge in [0.1, 0.15) is 5.02 Å². The van der Waals surface area contributed by atoms with Crippen molar-refractivity contribution < 1.29 is 17.9 Å². The molecule has 0 unspecified atom stereocenters. The van der Waals surface area contributed by atoms with Crippen molar-refractivity contribution in [3.8, 4) is 0 Å². The highest BCUT2D eigenvalue weighted by Gasteiger charge is 2.25. The molecule has 38 heavy (non-hydrogen) atoms. The van der Waals surface area contributed by atoms with Gasteiger partial charge in [-0.05, 0) is 44.2 Å². The van der Waals surface area contributed by atoms with Crippen LogP contribution >= 0.6 is 23.2 Å². The molecule has 0 atom stereocenters. The van der Waals surface area contributed by atoms with Crippen LogP contribution in [0.25, 0.3) is 0 Å². The molecule has 0 aliphatic carbocycles. The van der Waals surface area contributed by atoms with Gasteiger partial charge in [0.25, 0.3) is 0 Å². The summed E-state index contributed by atoms with van der Waals surface area (Å²) in [6.45, 7) is 6.04. The first-order valence-electron chi connectivity index (χ1n) is 11.8. The third kappa shape index (κ3) is 6.88. The molecule has 11 nitrogen and oxygen atoms in total. The molecule has 14 heteroatoms. The van der Waals surface area contributed by atoms with Gasteiger partial charge in [0.2, 0.25) is 11.9 Å². The Kier molecular flexibility index (Phi) is 9.00. The lowest BCUT2D eigenvalue weighted by atomic mass is 10.2. The van der Waals surface area contributed by atoms with Crippen molar-refractivity contribution in [3.05, 3.63) is 52.8 Å². The first-order chi connectivity index (χ1) is 18.1. The quantitative estimate of drug-likeness (QED) is 0.339. The van der Waals surface area contributed by atoms with E-state index in [0.29, 0.717) is 42.7 Å². The average Bonchev–Trinajstić information content (AvgIpc) is 2.88. The van der Waals surface area contributed by atoms with E-state index in [1.54, 1.807) is 44.2 Å². The van der Waals surface area contributed by atoms with Crippen LogP contribution in [0, 0.1) is 0 Å². The second-order valence-corrected chi connectivity index (χ2v) is 12.0. The number of nitrogens with one attached hydrogen (secondary N) is 3. The highest BCUT2D eigenvalue weighted by molar-refractivity contribution is 7.92. The maximum atomic E-state index is 12.8. The van der Waals surface area contributed by atoms with E-state index in [1.807, 2.05) is 4.90 Å². The smallest absolute Gasteiger partial charge is 0.238 e. The highest BCUT2D eigenvalue weighted by Crippen LogP contribution is 2.31. The summed E-state index contributed by atoms with van der Waals surface area (Å²) in [6.07, 6.45) is 2.78. The van der Waals surface area contributed by atoms with Gasteiger partial charge in [-0.25, -0.2) is 18.4 Å². The second kappa shape index (κ2) is 12.2. The van der Waals surface area contributed by atoms with Crippen molar-refractivity contribution in [2.75, 3.05) is 48.8 Å². The normalized spacial score (nSPS) is 14.3. The summed E-state index contributed by atoms with van der Waals surface area (Å²) in [5.74, 6) is 0.161. The van der Waals surface area contributed by atoms with Gasteiger partial charge in [-0.3, -0.25) is 9.69 Å². The molecular formula is C24H27Cl2N7O4S. The monoisotopic (exact) mass is 579 g/mol. The number of ether oxygens (including phenoxy) is 1. The number of hydrogen-bond acceptors (Lipinski definition) is 10. The maximum Gasteiger partial charge on any atom is 0.238 e. The van der Waals surface area contributed by atoms with E-state index in [1.165, 1.54) is 12.4 Å². The molecule has 4 rings (SSSR count). The van der Waals surface area contributed by atoms with E-state index >= 15 is 0 Å². The maximum absolute atomic E-state index is 12.8. The van der Waals surface area contributed by atoms with Crippen LogP contribution in [0.3, 0.4) is 0 Å². The molecule has 3 heterocycles. The first kappa shape index (κ1) is 28.0. The lowest BCUT2D eigenvalue weighted by Crippen LogP contribution is -2.41. The average molecular weight is 580 g/mol. The van der Waals surface area contributed by atoms with Crippen molar-refractivity contribution in [1.82, 2.24) is 19.9 Å². The molecule has 1 aliphatic rings. The number of halogens is 2. The number of amides is 1. The molecule has 3 aromatic rings. The summed E-state index contributed by atoms with van der Waals surface area (Å²) in [4.78, 5) is 27.1. The molecule has 3 N–H and O–H groups in total. The number of sulfone groups is 1. The summed E-state index contributed by atoms with van der Waals surface area (Å²) in [5, 5.41) is 8.61. The van der Waals surface area contributed by atoms with Gasteiger partial charge in [0, 0.05) is 25.0 Å². The predicted molar refractivity (Wildman–Crippen MR) is 148 cm³/mol. The molecule has 1 amide bonds. The van der Waals surface area contributed by atoms with Gasteiger partial charge in [0.15, 0.2) is 20.7 Å². The molecule has 202 valence electrons. The van der Waals surface area contributed by atoms with Crippen LogP contribution < -0.4 is 16.0 Å². The number of benzene rings is 1. The van der Waals surface area contributed by atoms with Crippen LogP contribution in [0.4, 0.5) is 28.8 Å². The van der Waals surface area contributed by atoms with E-state index in [-0.39, 0.29) is 40.0 Å². The summed E-state index contributed by atoms with van der Waals surface area (Å²) >= 11 is 12.7. The molecule has 0 radical (unpaired) electrons. The zero-order valence-electron chi connectivity index (χ0n) is 20.7. The van der Waals surface area contributed by atoms with Gasteiger partial charge in [0.05, 0.1) is 47.6 Å². The van der Waals surface area contributed by atoms with Gasteiger partial charge >= 0.3 is 0 Å². The number of nitrogens with zero attached hydrogens (tertiary/aromatic N) is 4. The van der Waals surface area contributed by atoms with Crippen molar-refractivity contribution in [2.45, 2.75) is 24.1 Å². The van der Waals surface area contributed by atoms with Crippen LogP contribution in [-0.4, -0.2) is 72.3 Å². The van der Waals surface area contributed by atoms with Gasteiger partial charge in [-0.2, -0.15) is 4.98 Å². The minimum atomic E-state index is -3.67. The molecular weight excluding hydrogens is 553 g/mol. The minimum absolute atomic E-state index is 0.109. The number of anilines is 5. The van der Waals surface area contributed by atoms with Crippen molar-refractivity contribution in [1.29, 1.82) is 0 Å². The summed E-state index contributed by atoms with van der Waals surface area (Å²) < 4.78 is 30.8. The molecule has 1 fully saturated rings. The Morgan fingerprint density at radius 3 is 2.58 bits per heavy atom. The van der Waals surface area contributed by atoms with Gasteiger partial charge in [-0.1, -0.05) is 23.2 Å². The van der Waals surface area contributed by atoms with Crippen LogP contribution in [0.5, 0.6) is 0 Å². The zero-order valence-corrected chi connectivity index (χ0v) is 23.1. The summed E-state index contributed by atoms with van der Waals surface area (Å²) in [7, 11) is -3.67. The van der Waals surface area contributed by atoms with E-state index in [9.17, 15) is 13.2 Å². The molecule has 2 aromatic heterocycles. The van der Waals surface area contributed by atoms with E-state index in [0.717, 1.165) is 0 Å². The zero-order chi connectivity index (χ0) is 27.3. The number of pyridine rings is 1. The topological polar surface area (TPSA) is 138 Å². The van der Waals surface area contributed by atoms with Crippen LogP contribution in [-0.2, 0) is 19.4 Å². The second-order valence-electron chi connectivity index (χ2n) is 8.72. The number of aromatic nitrogens is 3. The largest absolute Gasteiger partial charge is 0.379 e. The van der Waals surface area contributed by atoms with Gasteiger partial charge < -0.3 is 20.7 Å². The lowest BCUT2D eigenvalue weighted by Gasteiger charge is -2.25. The Morgan fingerprint density at radius 2 is 1.84 bits per heavy atom. The van der Waals surface area contributed by atoms with Gasteiger partial charge in [-0.15, -0.1) is 0 Å². The molecule has 1 saturated heterocycles. The van der Waals surface area contributed by atoms with Crippen molar-refractivity contribution in [2.24, 2.45) is 0 Å². The third-order valence-corrected chi connectivity index (χ3v) is 8.34. The number of hydrogen-bond donors (Lipinski definition) is 3. The van der Waals surface area contributed by atoms with E-state index in [4.69, 9.17) is 27.9 Å². The lowest BCUT2D eigenvalue weighted by molar-refractivity contribution is -0.118. The predicted octanol–water partition coefficient (Wildman–Crippen LogP) is 4.12. The third-order valence-electron chi connectivity index (χ3n) is 5.63. The Bertz CT molecular complexity index is 1420. The number of carbonyl (C=O) groups excluding carboxylic acids is 1. The van der Waals surface area contributed by atoms with Crippen molar-refractivity contribution >= 4 is 67.8 Å². The van der Waals surface area contributed by atoms with E-state index in [2.05, 4.69) is 30.9 Å². The Balaban J connectivity index is 1.51. The number of rotatable bonds is 9. The Labute approximate surface area is 230 Å². The Hall–Kier alpha value is -3.03. The fourth-order valence-electron chi connectivity index (χ4n) is 3.56. The molecule has 0 saturated carbocycles. The SMILES string of the molecule is CC(C)S(=O)(=O)c1ncccc1Nc1nc(Nc2cc(NC(=O)CN3CCOCC3)ccc2Cl)ncc1Cl.